The van der Waals surface area contributed by atoms with Crippen LogP contribution in [0.3, 0.4) is 0 Å². The summed E-state index contributed by atoms with van der Waals surface area (Å²) in [6.45, 7) is 2.94. The van der Waals surface area contributed by atoms with Crippen molar-refractivity contribution in [3.8, 4) is 22.4 Å². The van der Waals surface area contributed by atoms with Gasteiger partial charge in [0.25, 0.3) is 0 Å². The smallest absolute Gasteiger partial charge is 0.174 e. The van der Waals surface area contributed by atoms with Gasteiger partial charge in [-0.25, -0.2) is 22.5 Å². The molecule has 0 aliphatic rings. The third-order valence-electron chi connectivity index (χ3n) is 4.77. The van der Waals surface area contributed by atoms with E-state index in [1.165, 1.54) is 54.8 Å². The van der Waals surface area contributed by atoms with Crippen molar-refractivity contribution in [2.75, 3.05) is 0 Å². The molecule has 3 nitrogen and oxygen atoms in total. The first-order valence-electron chi connectivity index (χ1n) is 8.80. The van der Waals surface area contributed by atoms with Gasteiger partial charge in [0.15, 0.2) is 23.1 Å². The normalized spacial score (nSPS) is 12.0. The molecular formula is C22H16F4N2O. The Bertz CT molecular complexity index is 1240. The van der Waals surface area contributed by atoms with Crippen LogP contribution in [0.5, 0.6) is 0 Å². The summed E-state index contributed by atoms with van der Waals surface area (Å²) in [6, 6.07) is 8.74. The van der Waals surface area contributed by atoms with E-state index in [4.69, 9.17) is 0 Å². The third kappa shape index (κ3) is 3.27. The molecule has 2 aromatic carbocycles. The van der Waals surface area contributed by atoms with Crippen molar-refractivity contribution < 1.29 is 22.7 Å². The van der Waals surface area contributed by atoms with Gasteiger partial charge >= 0.3 is 0 Å². The Morgan fingerprint density at radius 2 is 1.55 bits per heavy atom. The number of imidazole rings is 1. The highest BCUT2D eigenvalue weighted by molar-refractivity contribution is 5.73. The lowest BCUT2D eigenvalue weighted by Gasteiger charge is -2.18. The van der Waals surface area contributed by atoms with E-state index in [9.17, 15) is 22.7 Å². The maximum Gasteiger partial charge on any atom is 0.174 e. The Balaban J connectivity index is 1.87. The predicted molar refractivity (Wildman–Crippen MR) is 101 cm³/mol. The summed E-state index contributed by atoms with van der Waals surface area (Å²) in [7, 11) is 0. The SMILES string of the molecule is CC(C)(O)c1ccn2c(-c3ccc(F)c(-c4ccc(F)c(F)c4)c3)cnc2c1F. The van der Waals surface area contributed by atoms with Crippen LogP contribution in [-0.4, -0.2) is 14.5 Å². The summed E-state index contributed by atoms with van der Waals surface area (Å²) in [4.78, 5) is 4.09. The van der Waals surface area contributed by atoms with Gasteiger partial charge in [-0.05, 0) is 55.8 Å². The highest BCUT2D eigenvalue weighted by Gasteiger charge is 2.24. The minimum atomic E-state index is -1.38. The topological polar surface area (TPSA) is 37.5 Å². The van der Waals surface area contributed by atoms with Crippen LogP contribution in [0.25, 0.3) is 28.0 Å². The molecule has 2 heterocycles. The first-order valence-corrected chi connectivity index (χ1v) is 8.80. The fraction of sp³-hybridized carbons (Fsp3) is 0.136. The van der Waals surface area contributed by atoms with Crippen molar-refractivity contribution in [3.63, 3.8) is 0 Å². The number of benzene rings is 2. The number of hydrogen-bond donors (Lipinski definition) is 1. The largest absolute Gasteiger partial charge is 0.386 e. The van der Waals surface area contributed by atoms with E-state index in [0.717, 1.165) is 12.1 Å². The van der Waals surface area contributed by atoms with Gasteiger partial charge in [0, 0.05) is 22.9 Å². The van der Waals surface area contributed by atoms with E-state index in [1.54, 1.807) is 6.20 Å². The molecule has 7 heteroatoms. The van der Waals surface area contributed by atoms with Crippen molar-refractivity contribution in [3.05, 3.63) is 83.7 Å². The van der Waals surface area contributed by atoms with Gasteiger partial charge in [0.2, 0.25) is 0 Å². The highest BCUT2D eigenvalue weighted by Crippen LogP contribution is 2.32. The highest BCUT2D eigenvalue weighted by atomic mass is 19.2. The van der Waals surface area contributed by atoms with Crippen LogP contribution in [0.2, 0.25) is 0 Å². The van der Waals surface area contributed by atoms with Gasteiger partial charge in [-0.2, -0.15) is 0 Å². The Hall–Kier alpha value is -3.19. The van der Waals surface area contributed by atoms with Crippen LogP contribution in [0.15, 0.2) is 54.9 Å². The molecule has 1 N–H and O–H groups in total. The third-order valence-corrected chi connectivity index (χ3v) is 4.77. The number of aromatic nitrogens is 2. The number of halogens is 4. The molecule has 0 atom stereocenters. The van der Waals surface area contributed by atoms with Gasteiger partial charge in [-0.3, -0.25) is 4.40 Å². The van der Waals surface area contributed by atoms with Crippen LogP contribution < -0.4 is 0 Å². The number of pyridine rings is 1. The molecule has 148 valence electrons. The lowest BCUT2D eigenvalue weighted by Crippen LogP contribution is -2.18. The lowest BCUT2D eigenvalue weighted by atomic mass is 9.99. The molecule has 0 aliphatic heterocycles. The molecule has 29 heavy (non-hydrogen) atoms. The van der Waals surface area contributed by atoms with E-state index in [-0.39, 0.29) is 22.3 Å². The van der Waals surface area contributed by atoms with Gasteiger partial charge < -0.3 is 5.11 Å². The second-order valence-corrected chi connectivity index (χ2v) is 7.26. The molecule has 0 amide bonds. The summed E-state index contributed by atoms with van der Waals surface area (Å²) in [5.74, 6) is -3.37. The van der Waals surface area contributed by atoms with E-state index in [0.29, 0.717) is 11.3 Å². The molecule has 0 saturated carbocycles. The first-order chi connectivity index (χ1) is 13.7. The molecule has 0 spiro atoms. The Kier molecular flexibility index (Phi) is 4.42. The van der Waals surface area contributed by atoms with E-state index in [2.05, 4.69) is 4.98 Å². The standard InChI is InChI=1S/C22H16F4N2O/c1-22(2,29)15-7-8-28-19(11-27-21(28)20(15)26)13-4-5-16(23)14(9-13)12-3-6-17(24)18(25)10-12/h3-11,29H,1-2H3. The van der Waals surface area contributed by atoms with E-state index < -0.39 is 28.9 Å². The zero-order chi connectivity index (χ0) is 20.9. The average molecular weight is 400 g/mol. The number of hydrogen-bond acceptors (Lipinski definition) is 2. The molecule has 0 fully saturated rings. The van der Waals surface area contributed by atoms with Crippen molar-refractivity contribution in [2.45, 2.75) is 19.4 Å². The Morgan fingerprint density at radius 1 is 0.862 bits per heavy atom. The van der Waals surface area contributed by atoms with Crippen molar-refractivity contribution >= 4 is 5.65 Å². The molecule has 0 radical (unpaired) electrons. The average Bonchev–Trinajstić information content (AvgIpc) is 3.09. The van der Waals surface area contributed by atoms with Crippen LogP contribution in [0.4, 0.5) is 17.6 Å². The lowest BCUT2D eigenvalue weighted by molar-refractivity contribution is 0.0746. The van der Waals surface area contributed by atoms with Crippen LogP contribution in [0, 0.1) is 23.3 Å². The molecule has 0 saturated heterocycles. The molecule has 0 aliphatic carbocycles. The van der Waals surface area contributed by atoms with Gasteiger partial charge in [-0.1, -0.05) is 6.07 Å². The maximum atomic E-state index is 14.8. The second-order valence-electron chi connectivity index (χ2n) is 7.26. The van der Waals surface area contributed by atoms with Crippen LogP contribution >= 0.6 is 0 Å². The minimum Gasteiger partial charge on any atom is -0.386 e. The molecule has 0 unspecified atom stereocenters. The summed E-state index contributed by atoms with van der Waals surface area (Å²) in [5, 5.41) is 10.1. The number of rotatable bonds is 3. The van der Waals surface area contributed by atoms with E-state index >= 15 is 0 Å². The monoisotopic (exact) mass is 400 g/mol. The van der Waals surface area contributed by atoms with Gasteiger partial charge in [0.1, 0.15) is 5.82 Å². The minimum absolute atomic E-state index is 0.0123. The Morgan fingerprint density at radius 3 is 2.24 bits per heavy atom. The van der Waals surface area contributed by atoms with E-state index in [1.807, 2.05) is 0 Å². The molecular weight excluding hydrogens is 384 g/mol. The predicted octanol–water partition coefficient (Wildman–Crippen LogP) is 5.45. The fourth-order valence-corrected chi connectivity index (χ4v) is 3.27. The zero-order valence-corrected chi connectivity index (χ0v) is 15.5. The zero-order valence-electron chi connectivity index (χ0n) is 15.5. The van der Waals surface area contributed by atoms with Gasteiger partial charge in [0.05, 0.1) is 17.5 Å². The fourth-order valence-electron chi connectivity index (χ4n) is 3.27. The van der Waals surface area contributed by atoms with Crippen molar-refractivity contribution in [2.24, 2.45) is 0 Å². The first kappa shape index (κ1) is 19.1. The number of aliphatic hydroxyl groups is 1. The summed E-state index contributed by atoms with van der Waals surface area (Å²) >= 11 is 0. The van der Waals surface area contributed by atoms with Crippen molar-refractivity contribution in [1.29, 1.82) is 0 Å². The quantitative estimate of drug-likeness (QED) is 0.464. The van der Waals surface area contributed by atoms with Crippen LogP contribution in [0.1, 0.15) is 19.4 Å². The van der Waals surface area contributed by atoms with Crippen molar-refractivity contribution in [1.82, 2.24) is 9.38 Å². The molecule has 2 aromatic heterocycles. The van der Waals surface area contributed by atoms with Gasteiger partial charge in [-0.15, -0.1) is 0 Å². The summed E-state index contributed by atoms with van der Waals surface area (Å²) in [5.41, 5.74) is -0.0353. The second kappa shape index (κ2) is 6.70. The summed E-state index contributed by atoms with van der Waals surface area (Å²) in [6.07, 6.45) is 2.99. The van der Waals surface area contributed by atoms with Crippen LogP contribution in [-0.2, 0) is 5.60 Å². The molecule has 0 bridgehead atoms. The summed E-state index contributed by atoms with van der Waals surface area (Å²) < 4.78 is 57.4. The number of fused-ring (bicyclic) bond motifs is 1. The maximum absolute atomic E-state index is 14.8. The molecule has 4 aromatic rings. The molecule has 4 rings (SSSR count). The number of nitrogens with zero attached hydrogens (tertiary/aromatic N) is 2. The Labute approximate surface area is 163 Å².